The van der Waals surface area contributed by atoms with E-state index in [1.807, 2.05) is 13.8 Å². The lowest BCUT2D eigenvalue weighted by atomic mass is 9.74. The summed E-state index contributed by atoms with van der Waals surface area (Å²) in [4.78, 5) is 0. The fourth-order valence-corrected chi connectivity index (χ4v) is 2.78. The largest absolute Gasteiger partial charge is 0.390 e. The lowest BCUT2D eigenvalue weighted by Gasteiger charge is -2.36. The molecule has 0 amide bonds. The molecule has 2 nitrogen and oxygen atoms in total. The van der Waals surface area contributed by atoms with E-state index < -0.39 is 5.60 Å². The molecule has 0 aromatic heterocycles. The zero-order chi connectivity index (χ0) is 11.2. The second-order valence-corrected chi connectivity index (χ2v) is 5.93. The molecule has 2 heteroatoms. The Hall–Kier alpha value is -0.0800. The van der Waals surface area contributed by atoms with Crippen LogP contribution >= 0.6 is 0 Å². The molecule has 0 bridgehead atoms. The van der Waals surface area contributed by atoms with E-state index in [0.717, 1.165) is 12.8 Å². The molecule has 1 N–H and O–H groups in total. The van der Waals surface area contributed by atoms with Crippen LogP contribution in [0.2, 0.25) is 0 Å². The zero-order valence-electron chi connectivity index (χ0n) is 10.3. The summed E-state index contributed by atoms with van der Waals surface area (Å²) in [7, 11) is 0. The van der Waals surface area contributed by atoms with Gasteiger partial charge in [-0.3, -0.25) is 0 Å². The van der Waals surface area contributed by atoms with Crippen LogP contribution in [0.1, 0.15) is 54.4 Å². The number of rotatable bonds is 2. The third-order valence-electron chi connectivity index (χ3n) is 3.54. The molecule has 0 aliphatic carbocycles. The number of ether oxygens (including phenoxy) is 1. The van der Waals surface area contributed by atoms with Gasteiger partial charge in [0.15, 0.2) is 0 Å². The van der Waals surface area contributed by atoms with Crippen LogP contribution < -0.4 is 0 Å². The van der Waals surface area contributed by atoms with Gasteiger partial charge in [0.25, 0.3) is 0 Å². The molecule has 14 heavy (non-hydrogen) atoms. The number of aliphatic hydroxyl groups is 1. The average Bonchev–Trinajstić information content (AvgIpc) is 2.19. The molecular formula is C12H24O2. The lowest BCUT2D eigenvalue weighted by molar-refractivity contribution is -0.109. The molecule has 0 aromatic carbocycles. The van der Waals surface area contributed by atoms with E-state index in [0.29, 0.717) is 0 Å². The van der Waals surface area contributed by atoms with Crippen molar-refractivity contribution in [1.82, 2.24) is 0 Å². The van der Waals surface area contributed by atoms with Gasteiger partial charge in [0.2, 0.25) is 0 Å². The van der Waals surface area contributed by atoms with Crippen molar-refractivity contribution in [2.75, 3.05) is 0 Å². The summed E-state index contributed by atoms with van der Waals surface area (Å²) in [6, 6.07) is 0. The Morgan fingerprint density at radius 3 is 2.14 bits per heavy atom. The first kappa shape index (κ1) is 12.0. The summed E-state index contributed by atoms with van der Waals surface area (Å²) in [6.07, 6.45) is 1.71. The standard InChI is InChI=1S/C12H24O2/c1-7-12(6,13)9-8-10(2,3)14-11(9,4)5/h9,13H,7-8H2,1-6H3. The number of hydrogen-bond acceptors (Lipinski definition) is 2. The third kappa shape index (κ3) is 2.12. The van der Waals surface area contributed by atoms with Crippen LogP contribution in [0.15, 0.2) is 0 Å². The van der Waals surface area contributed by atoms with Crippen LogP contribution in [0.5, 0.6) is 0 Å². The maximum absolute atomic E-state index is 10.3. The van der Waals surface area contributed by atoms with E-state index in [4.69, 9.17) is 4.74 Å². The molecule has 0 radical (unpaired) electrons. The molecule has 2 unspecified atom stereocenters. The van der Waals surface area contributed by atoms with Crippen molar-refractivity contribution >= 4 is 0 Å². The maximum Gasteiger partial charge on any atom is 0.0690 e. The molecule has 1 aliphatic heterocycles. The van der Waals surface area contributed by atoms with Crippen molar-refractivity contribution < 1.29 is 9.84 Å². The fourth-order valence-electron chi connectivity index (χ4n) is 2.78. The highest BCUT2D eigenvalue weighted by Crippen LogP contribution is 2.47. The Labute approximate surface area is 87.7 Å². The van der Waals surface area contributed by atoms with E-state index in [2.05, 4.69) is 27.7 Å². The van der Waals surface area contributed by atoms with Gasteiger partial charge in [0.05, 0.1) is 16.8 Å². The van der Waals surface area contributed by atoms with E-state index in [1.165, 1.54) is 0 Å². The van der Waals surface area contributed by atoms with Gasteiger partial charge in [0.1, 0.15) is 0 Å². The zero-order valence-corrected chi connectivity index (χ0v) is 10.3. The maximum atomic E-state index is 10.3. The average molecular weight is 200 g/mol. The smallest absolute Gasteiger partial charge is 0.0690 e. The van der Waals surface area contributed by atoms with E-state index >= 15 is 0 Å². The van der Waals surface area contributed by atoms with Crippen LogP contribution in [0.3, 0.4) is 0 Å². The Balaban J connectivity index is 2.91. The fraction of sp³-hybridized carbons (Fsp3) is 1.00. The quantitative estimate of drug-likeness (QED) is 0.742. The minimum absolute atomic E-state index is 0.104. The SMILES string of the molecule is CCC(C)(O)C1CC(C)(C)OC1(C)C. The molecule has 2 atom stereocenters. The first-order chi connectivity index (χ1) is 6.11. The molecule has 84 valence electrons. The van der Waals surface area contributed by atoms with Crippen LogP contribution in [-0.4, -0.2) is 21.9 Å². The second kappa shape index (κ2) is 3.21. The Kier molecular flexibility index (Phi) is 2.75. The van der Waals surface area contributed by atoms with Crippen molar-refractivity contribution in [3.8, 4) is 0 Å². The van der Waals surface area contributed by atoms with Crippen molar-refractivity contribution in [2.45, 2.75) is 71.2 Å². The first-order valence-electron chi connectivity index (χ1n) is 5.53. The summed E-state index contributed by atoms with van der Waals surface area (Å²) < 4.78 is 5.98. The van der Waals surface area contributed by atoms with Gasteiger partial charge in [0, 0.05) is 5.92 Å². The second-order valence-electron chi connectivity index (χ2n) is 5.93. The van der Waals surface area contributed by atoms with Crippen LogP contribution in [-0.2, 0) is 4.74 Å². The summed E-state index contributed by atoms with van der Waals surface area (Å²) in [5, 5.41) is 10.3. The van der Waals surface area contributed by atoms with Gasteiger partial charge in [-0.1, -0.05) is 6.92 Å². The van der Waals surface area contributed by atoms with Crippen LogP contribution in [0, 0.1) is 5.92 Å². The Morgan fingerprint density at radius 2 is 1.86 bits per heavy atom. The monoisotopic (exact) mass is 200 g/mol. The minimum Gasteiger partial charge on any atom is -0.390 e. The molecule has 0 saturated carbocycles. The van der Waals surface area contributed by atoms with E-state index in [9.17, 15) is 5.11 Å². The van der Waals surface area contributed by atoms with Crippen molar-refractivity contribution in [2.24, 2.45) is 5.92 Å². The highest BCUT2D eigenvalue weighted by atomic mass is 16.5. The van der Waals surface area contributed by atoms with Gasteiger partial charge in [-0.25, -0.2) is 0 Å². The summed E-state index contributed by atoms with van der Waals surface area (Å²) in [5.74, 6) is 0.218. The Bertz CT molecular complexity index is 216. The predicted molar refractivity (Wildman–Crippen MR) is 58.3 cm³/mol. The molecule has 1 fully saturated rings. The highest BCUT2D eigenvalue weighted by Gasteiger charge is 2.52. The van der Waals surface area contributed by atoms with Gasteiger partial charge >= 0.3 is 0 Å². The summed E-state index contributed by atoms with van der Waals surface area (Å²) in [6.45, 7) is 12.3. The van der Waals surface area contributed by atoms with Crippen molar-refractivity contribution in [1.29, 1.82) is 0 Å². The minimum atomic E-state index is -0.614. The van der Waals surface area contributed by atoms with Crippen LogP contribution in [0.25, 0.3) is 0 Å². The molecular weight excluding hydrogens is 176 g/mol. The molecule has 1 rings (SSSR count). The first-order valence-corrected chi connectivity index (χ1v) is 5.53. The third-order valence-corrected chi connectivity index (χ3v) is 3.54. The Morgan fingerprint density at radius 1 is 1.36 bits per heavy atom. The summed E-state index contributed by atoms with van der Waals surface area (Å²) >= 11 is 0. The normalized spacial score (nSPS) is 34.1. The van der Waals surface area contributed by atoms with Gasteiger partial charge in [-0.2, -0.15) is 0 Å². The molecule has 1 saturated heterocycles. The van der Waals surface area contributed by atoms with Gasteiger partial charge in [-0.05, 0) is 47.5 Å². The molecule has 1 aliphatic rings. The number of hydrogen-bond donors (Lipinski definition) is 1. The van der Waals surface area contributed by atoms with Gasteiger partial charge in [-0.15, -0.1) is 0 Å². The van der Waals surface area contributed by atoms with Gasteiger partial charge < -0.3 is 9.84 Å². The molecule has 0 aromatic rings. The molecule has 0 spiro atoms. The predicted octanol–water partition coefficient (Wildman–Crippen LogP) is 2.74. The topological polar surface area (TPSA) is 29.5 Å². The molecule has 1 heterocycles. The van der Waals surface area contributed by atoms with E-state index in [-0.39, 0.29) is 17.1 Å². The highest BCUT2D eigenvalue weighted by molar-refractivity contribution is 5.01. The van der Waals surface area contributed by atoms with Crippen LogP contribution in [0.4, 0.5) is 0 Å². The van der Waals surface area contributed by atoms with E-state index in [1.54, 1.807) is 0 Å². The lowest BCUT2D eigenvalue weighted by Crippen LogP contribution is -2.44. The van der Waals surface area contributed by atoms with Crippen molar-refractivity contribution in [3.05, 3.63) is 0 Å². The summed E-state index contributed by atoms with van der Waals surface area (Å²) in [5.41, 5.74) is -0.937. The van der Waals surface area contributed by atoms with Crippen molar-refractivity contribution in [3.63, 3.8) is 0 Å².